The monoisotopic (exact) mass is 474 g/mol. The Morgan fingerprint density at radius 2 is 1.76 bits per heavy atom. The molecule has 3 aromatic carbocycles. The molecule has 174 valence electrons. The van der Waals surface area contributed by atoms with Gasteiger partial charge >= 0.3 is 5.97 Å². The minimum absolute atomic E-state index is 0.0627. The van der Waals surface area contributed by atoms with Gasteiger partial charge in [-0.1, -0.05) is 48.5 Å². The molecule has 4 rings (SSSR count). The third kappa shape index (κ3) is 5.15. The molecule has 1 heterocycles. The van der Waals surface area contributed by atoms with Gasteiger partial charge in [-0.3, -0.25) is 9.59 Å². The van der Waals surface area contributed by atoms with E-state index in [0.29, 0.717) is 34.7 Å². The second kappa shape index (κ2) is 10.6. The number of esters is 1. The van der Waals surface area contributed by atoms with Crippen molar-refractivity contribution in [1.29, 1.82) is 0 Å². The number of carbonyl (C=O) groups is 3. The molecule has 2 amide bonds. The summed E-state index contributed by atoms with van der Waals surface area (Å²) in [7, 11) is 1.33. The van der Waals surface area contributed by atoms with Crippen LogP contribution < -0.4 is 5.32 Å². The number of thioether (sulfide) groups is 1. The molecule has 1 atom stereocenters. The van der Waals surface area contributed by atoms with Crippen molar-refractivity contribution in [3.63, 3.8) is 0 Å². The number of ether oxygens (including phenoxy) is 1. The number of hydrogen-bond donors (Lipinski definition) is 1. The smallest absolute Gasteiger partial charge is 0.338 e. The molecular formula is C27H26N2O4S. The lowest BCUT2D eigenvalue weighted by atomic mass is 10.1. The van der Waals surface area contributed by atoms with E-state index >= 15 is 0 Å². The molecular weight excluding hydrogens is 448 g/mol. The second-order valence-corrected chi connectivity index (χ2v) is 9.10. The van der Waals surface area contributed by atoms with E-state index in [0.717, 1.165) is 12.0 Å². The first-order valence-electron chi connectivity index (χ1n) is 11.0. The Balaban J connectivity index is 1.44. The zero-order chi connectivity index (χ0) is 24.1. The summed E-state index contributed by atoms with van der Waals surface area (Å²) in [5.41, 5.74) is 4.30. The molecule has 0 saturated carbocycles. The van der Waals surface area contributed by atoms with Gasteiger partial charge in [-0.15, -0.1) is 11.8 Å². The van der Waals surface area contributed by atoms with Crippen LogP contribution in [0.4, 0.5) is 5.69 Å². The van der Waals surface area contributed by atoms with E-state index in [9.17, 15) is 14.4 Å². The van der Waals surface area contributed by atoms with Gasteiger partial charge in [-0.25, -0.2) is 4.79 Å². The number of carbonyl (C=O) groups excluding carboxylic acids is 3. The fraction of sp³-hybridized carbons (Fsp3) is 0.222. The average molecular weight is 475 g/mol. The molecule has 1 aliphatic rings. The van der Waals surface area contributed by atoms with Crippen LogP contribution in [0.1, 0.15) is 42.8 Å². The first-order valence-corrected chi connectivity index (χ1v) is 12.1. The Bertz CT molecular complexity index is 1200. The largest absolute Gasteiger partial charge is 0.465 e. The second-order valence-electron chi connectivity index (χ2n) is 8.03. The summed E-state index contributed by atoms with van der Waals surface area (Å²) in [6.07, 6.45) is 0.800. The Labute approximate surface area is 203 Å². The molecule has 0 aliphatic carbocycles. The van der Waals surface area contributed by atoms with E-state index in [1.165, 1.54) is 12.7 Å². The number of rotatable bonds is 7. The lowest BCUT2D eigenvalue weighted by Crippen LogP contribution is -2.30. The molecule has 0 spiro atoms. The van der Waals surface area contributed by atoms with Crippen LogP contribution in [-0.2, 0) is 16.0 Å². The summed E-state index contributed by atoms with van der Waals surface area (Å²) < 4.78 is 4.80. The zero-order valence-electron chi connectivity index (χ0n) is 19.1. The number of benzene rings is 3. The molecule has 0 aromatic heterocycles. The summed E-state index contributed by atoms with van der Waals surface area (Å²) >= 11 is 1.60. The highest BCUT2D eigenvalue weighted by atomic mass is 32.2. The van der Waals surface area contributed by atoms with E-state index < -0.39 is 5.97 Å². The third-order valence-corrected chi connectivity index (χ3v) is 7.15. The van der Waals surface area contributed by atoms with Gasteiger partial charge < -0.3 is 15.0 Å². The molecule has 34 heavy (non-hydrogen) atoms. The van der Waals surface area contributed by atoms with Gasteiger partial charge in [0, 0.05) is 17.8 Å². The molecule has 7 heteroatoms. The van der Waals surface area contributed by atoms with Crippen LogP contribution in [0.2, 0.25) is 0 Å². The maximum Gasteiger partial charge on any atom is 0.338 e. The Kier molecular flexibility index (Phi) is 7.33. The van der Waals surface area contributed by atoms with Gasteiger partial charge in [0.15, 0.2) is 0 Å². The number of methoxy groups -OCH3 is 1. The van der Waals surface area contributed by atoms with E-state index in [4.69, 9.17) is 4.74 Å². The zero-order valence-corrected chi connectivity index (χ0v) is 19.9. The molecule has 0 unspecified atom stereocenters. The molecule has 3 aromatic rings. The van der Waals surface area contributed by atoms with Crippen LogP contribution in [0.5, 0.6) is 0 Å². The molecule has 1 saturated heterocycles. The predicted molar refractivity (Wildman–Crippen MR) is 134 cm³/mol. The first-order chi connectivity index (χ1) is 16.5. The van der Waals surface area contributed by atoms with Crippen LogP contribution in [0.3, 0.4) is 0 Å². The fourth-order valence-corrected chi connectivity index (χ4v) is 5.18. The van der Waals surface area contributed by atoms with Gasteiger partial charge in [0.05, 0.1) is 18.4 Å². The molecule has 6 nitrogen and oxygen atoms in total. The van der Waals surface area contributed by atoms with Gasteiger partial charge in [-0.05, 0) is 54.3 Å². The highest BCUT2D eigenvalue weighted by Gasteiger charge is 2.32. The van der Waals surface area contributed by atoms with Gasteiger partial charge in [0.1, 0.15) is 5.37 Å². The topological polar surface area (TPSA) is 75.7 Å². The summed E-state index contributed by atoms with van der Waals surface area (Å²) in [4.78, 5) is 39.2. The van der Waals surface area contributed by atoms with Gasteiger partial charge in [0.25, 0.3) is 5.91 Å². The van der Waals surface area contributed by atoms with Crippen molar-refractivity contribution in [2.24, 2.45) is 0 Å². The summed E-state index contributed by atoms with van der Waals surface area (Å²) in [6, 6.07) is 22.6. The van der Waals surface area contributed by atoms with Crippen molar-refractivity contribution in [1.82, 2.24) is 4.90 Å². The van der Waals surface area contributed by atoms with E-state index in [1.54, 1.807) is 49.0 Å². The minimum atomic E-state index is -0.446. The predicted octanol–water partition coefficient (Wildman–Crippen LogP) is 4.85. The van der Waals surface area contributed by atoms with Gasteiger partial charge in [-0.2, -0.15) is 0 Å². The van der Waals surface area contributed by atoms with E-state index in [1.807, 2.05) is 35.2 Å². The maximum atomic E-state index is 12.8. The average Bonchev–Trinajstić information content (AvgIpc) is 3.24. The lowest BCUT2D eigenvalue weighted by Gasteiger charge is -2.24. The quantitative estimate of drug-likeness (QED) is 0.496. The van der Waals surface area contributed by atoms with Crippen molar-refractivity contribution in [2.45, 2.75) is 18.7 Å². The number of nitrogens with one attached hydrogen (secondary N) is 1. The van der Waals surface area contributed by atoms with Crippen LogP contribution >= 0.6 is 11.8 Å². The Morgan fingerprint density at radius 3 is 2.47 bits per heavy atom. The summed E-state index contributed by atoms with van der Waals surface area (Å²) in [5.74, 6) is -0.128. The first kappa shape index (κ1) is 23.6. The van der Waals surface area contributed by atoms with Crippen molar-refractivity contribution >= 4 is 35.2 Å². The standard InChI is InChI=1S/C27H26N2O4S/c1-18-22(27(32)33-2)9-6-10-23(18)28-25(31)20-11-13-21(14-12-20)26-29(24(30)17-34-26)16-15-19-7-4-3-5-8-19/h3-14,26H,15-17H2,1-2H3,(H,28,31)/t26-/m0/s1. The normalized spacial score (nSPS) is 15.3. The number of hydrogen-bond acceptors (Lipinski definition) is 5. The fourth-order valence-electron chi connectivity index (χ4n) is 3.96. The van der Waals surface area contributed by atoms with Crippen LogP contribution in [0, 0.1) is 6.92 Å². The van der Waals surface area contributed by atoms with Crippen molar-refractivity contribution < 1.29 is 19.1 Å². The Morgan fingerprint density at radius 1 is 1.03 bits per heavy atom. The van der Waals surface area contributed by atoms with E-state index in [-0.39, 0.29) is 17.2 Å². The number of anilines is 1. The highest BCUT2D eigenvalue weighted by Crippen LogP contribution is 2.38. The molecule has 1 fully saturated rings. The Hall–Kier alpha value is -3.58. The van der Waals surface area contributed by atoms with E-state index in [2.05, 4.69) is 17.4 Å². The SMILES string of the molecule is COC(=O)c1cccc(NC(=O)c2ccc([C@@H]3SCC(=O)N3CCc3ccccc3)cc2)c1C. The summed E-state index contributed by atoms with van der Waals surface area (Å²) in [5, 5.41) is 2.81. The maximum absolute atomic E-state index is 12.8. The molecule has 0 bridgehead atoms. The molecule has 0 radical (unpaired) electrons. The lowest BCUT2D eigenvalue weighted by molar-refractivity contribution is -0.128. The third-order valence-electron chi connectivity index (χ3n) is 5.90. The van der Waals surface area contributed by atoms with Crippen molar-refractivity contribution in [3.05, 3.63) is 101 Å². The van der Waals surface area contributed by atoms with Crippen molar-refractivity contribution in [2.75, 3.05) is 24.7 Å². The van der Waals surface area contributed by atoms with Crippen molar-refractivity contribution in [3.8, 4) is 0 Å². The highest BCUT2D eigenvalue weighted by molar-refractivity contribution is 8.00. The van der Waals surface area contributed by atoms with Crippen LogP contribution in [0.25, 0.3) is 0 Å². The van der Waals surface area contributed by atoms with Crippen LogP contribution in [-0.4, -0.2) is 42.1 Å². The minimum Gasteiger partial charge on any atom is -0.465 e. The number of nitrogens with zero attached hydrogens (tertiary/aromatic N) is 1. The summed E-state index contributed by atoms with van der Waals surface area (Å²) in [6.45, 7) is 2.42. The van der Waals surface area contributed by atoms with Gasteiger partial charge in [0.2, 0.25) is 5.91 Å². The number of amides is 2. The molecule has 1 aliphatic heterocycles. The van der Waals surface area contributed by atoms with Crippen LogP contribution in [0.15, 0.2) is 72.8 Å². The molecule has 1 N–H and O–H groups in total.